The zero-order chi connectivity index (χ0) is 44.3. The first-order chi connectivity index (χ1) is 27.9. The van der Waals surface area contributed by atoms with Gasteiger partial charge in [-0.25, -0.2) is 0 Å². The molecule has 2 heterocycles. The first-order valence-electron chi connectivity index (χ1n) is 22.2. The van der Waals surface area contributed by atoms with E-state index in [2.05, 4.69) is 20.8 Å². The van der Waals surface area contributed by atoms with Gasteiger partial charge >= 0.3 is 5.97 Å². The lowest BCUT2D eigenvalue weighted by molar-refractivity contribution is -0.310. The highest BCUT2D eigenvalue weighted by Crippen LogP contribution is 2.89. The van der Waals surface area contributed by atoms with Gasteiger partial charge in [0.15, 0.2) is 6.29 Å². The van der Waals surface area contributed by atoms with Gasteiger partial charge in [0.1, 0.15) is 48.8 Å². The van der Waals surface area contributed by atoms with Crippen LogP contribution in [-0.4, -0.2) is 172 Å². The number of rotatable bonds is 12. The highest BCUT2D eigenvalue weighted by molar-refractivity contribution is 5.78. The van der Waals surface area contributed by atoms with E-state index in [1.165, 1.54) is 0 Å². The molecule has 5 saturated carbocycles. The molecule has 12 N–H and O–H groups in total. The molecular formula is C43H72O17. The lowest BCUT2D eigenvalue weighted by Crippen LogP contribution is -2.65. The van der Waals surface area contributed by atoms with E-state index in [1.807, 2.05) is 13.8 Å². The zero-order valence-corrected chi connectivity index (χ0v) is 35.8. The Kier molecular flexibility index (Phi) is 12.6. The standard InChI is InChI=1S/C43H72O17/c1-19(2)42(56,18-57-35-33(53)31(51)29(49)22(15-44)58-35)10-9-20(3)28-21(46)14-39(5)24-7-8-25-40(6,37(55)60-36-34(54)32(52)30(50)23(16-45)59-36)26(47)13-27(48)43(25)17-41(24,43)12-11-38(28,39)4/h19-36,44-54,56H,7-18H2,1-6H3/t20-,21-,22-,23-,24+,25-,26+,27-,28-,29-,30-,31+,32-,33-,34-,35-,36+,38+,39+,40+,41+,42-,43-/m1/s1. The van der Waals surface area contributed by atoms with Crippen molar-refractivity contribution in [2.24, 2.45) is 56.7 Å². The molecule has 23 atom stereocenters. The number of fused-ring (bicyclic) bond motifs is 2. The van der Waals surface area contributed by atoms with Gasteiger partial charge in [-0.05, 0) is 104 Å². The van der Waals surface area contributed by atoms with Gasteiger partial charge in [-0.1, -0.05) is 34.6 Å². The number of carbonyl (C=O) groups excluding carboxylic acids is 1. The third-order valence-corrected chi connectivity index (χ3v) is 18.4. The number of ether oxygens (including phenoxy) is 4. The van der Waals surface area contributed by atoms with Crippen molar-refractivity contribution in [2.45, 2.75) is 185 Å². The third kappa shape index (κ3) is 6.61. The third-order valence-electron chi connectivity index (χ3n) is 18.4. The van der Waals surface area contributed by atoms with Crippen molar-refractivity contribution < 1.29 is 85.0 Å². The summed E-state index contributed by atoms with van der Waals surface area (Å²) in [6.07, 6.45) is -13.7. The minimum atomic E-state index is -1.80. The summed E-state index contributed by atoms with van der Waals surface area (Å²) in [7, 11) is 0. The van der Waals surface area contributed by atoms with Crippen LogP contribution in [0.25, 0.3) is 0 Å². The quantitative estimate of drug-likeness (QED) is 0.101. The second kappa shape index (κ2) is 16.1. The van der Waals surface area contributed by atoms with Crippen molar-refractivity contribution in [1.29, 1.82) is 0 Å². The molecule has 346 valence electrons. The molecule has 5 aliphatic carbocycles. The highest BCUT2D eigenvalue weighted by Gasteiger charge is 2.86. The van der Waals surface area contributed by atoms with Crippen LogP contribution < -0.4 is 0 Å². The molecule has 2 aliphatic heterocycles. The van der Waals surface area contributed by atoms with E-state index in [9.17, 15) is 66.1 Å². The highest BCUT2D eigenvalue weighted by atomic mass is 16.7. The molecule has 17 nitrogen and oxygen atoms in total. The predicted octanol–water partition coefficient (Wildman–Crippen LogP) is -1.33. The Bertz CT molecular complexity index is 1570. The lowest BCUT2D eigenvalue weighted by Gasteiger charge is -2.63. The van der Waals surface area contributed by atoms with Gasteiger partial charge < -0.3 is 80.2 Å². The van der Waals surface area contributed by atoms with Crippen LogP contribution in [0, 0.1) is 56.7 Å². The number of esters is 1. The summed E-state index contributed by atoms with van der Waals surface area (Å²) in [6, 6.07) is 0. The average molecular weight is 861 g/mol. The van der Waals surface area contributed by atoms with Crippen molar-refractivity contribution in [2.75, 3.05) is 19.8 Å². The van der Waals surface area contributed by atoms with Gasteiger partial charge in [-0.2, -0.15) is 0 Å². The largest absolute Gasteiger partial charge is 0.432 e. The maximum absolute atomic E-state index is 14.3. The van der Waals surface area contributed by atoms with Gasteiger partial charge in [0, 0.05) is 11.8 Å². The van der Waals surface area contributed by atoms with Gasteiger partial charge in [0.2, 0.25) is 6.29 Å². The maximum Gasteiger partial charge on any atom is 0.317 e. The number of aliphatic hydroxyl groups excluding tert-OH is 11. The molecule has 60 heavy (non-hydrogen) atoms. The van der Waals surface area contributed by atoms with Crippen molar-refractivity contribution in [3.63, 3.8) is 0 Å². The van der Waals surface area contributed by atoms with Crippen LogP contribution in [0.4, 0.5) is 0 Å². The SMILES string of the molecule is CC(C)[C@@](O)(CC[C@@H](C)[C@@H]1[C@H](O)C[C@@]2(C)[C@@H]3CC[C@@H]4[C@](C)(C(=O)O[C@@H]5O[C@H](CO)[C@@H](O)[C@@H](O)[C@H]5O)[C@@H](O)C[C@@H](O)[C@@]45C[C@@]35CC[C@@]12C)CO[C@@H]1O[C@H](CO)[C@@H](O)[C@H](O)[C@H]1O. The number of carbonyl (C=O) groups is 1. The predicted molar refractivity (Wildman–Crippen MR) is 208 cm³/mol. The fourth-order valence-corrected chi connectivity index (χ4v) is 14.5. The van der Waals surface area contributed by atoms with Crippen LogP contribution in [0.2, 0.25) is 0 Å². The summed E-state index contributed by atoms with van der Waals surface area (Å²) < 4.78 is 22.5. The minimum Gasteiger partial charge on any atom is -0.432 e. The summed E-state index contributed by atoms with van der Waals surface area (Å²) >= 11 is 0. The first kappa shape index (κ1) is 46.9. The second-order valence-corrected chi connectivity index (χ2v) is 21.1. The van der Waals surface area contributed by atoms with E-state index in [0.717, 1.165) is 12.8 Å². The van der Waals surface area contributed by atoms with Crippen molar-refractivity contribution in [1.82, 2.24) is 0 Å². The Labute approximate surface area is 351 Å². The topological polar surface area (TPSA) is 297 Å². The molecule has 0 amide bonds. The molecule has 0 aromatic rings. The minimum absolute atomic E-state index is 0.0428. The van der Waals surface area contributed by atoms with Crippen molar-refractivity contribution in [3.05, 3.63) is 0 Å². The van der Waals surface area contributed by atoms with E-state index >= 15 is 0 Å². The molecule has 0 aromatic heterocycles. The average Bonchev–Trinajstić information content (AvgIpc) is 3.84. The van der Waals surface area contributed by atoms with Gasteiger partial charge in [0.05, 0.1) is 49.1 Å². The Hall–Kier alpha value is -1.13. The second-order valence-electron chi connectivity index (χ2n) is 21.1. The van der Waals surface area contributed by atoms with E-state index in [0.29, 0.717) is 38.5 Å². The van der Waals surface area contributed by atoms with E-state index < -0.39 is 121 Å². The molecule has 7 fully saturated rings. The summed E-state index contributed by atoms with van der Waals surface area (Å²) in [5.74, 6) is -1.73. The number of hydrogen-bond donors (Lipinski definition) is 12. The number of hydrogen-bond acceptors (Lipinski definition) is 17. The summed E-state index contributed by atoms with van der Waals surface area (Å²) in [5.41, 5.74) is -4.67. The van der Waals surface area contributed by atoms with Crippen LogP contribution >= 0.6 is 0 Å². The van der Waals surface area contributed by atoms with E-state index in [-0.39, 0.29) is 52.9 Å². The Morgan fingerprint density at radius 2 is 1.32 bits per heavy atom. The molecular weight excluding hydrogens is 788 g/mol. The first-order valence-corrected chi connectivity index (χ1v) is 22.2. The van der Waals surface area contributed by atoms with Gasteiger partial charge in [-0.3, -0.25) is 4.79 Å². The molecule has 0 bridgehead atoms. The van der Waals surface area contributed by atoms with Crippen LogP contribution in [0.15, 0.2) is 0 Å². The zero-order valence-electron chi connectivity index (χ0n) is 35.8. The Morgan fingerprint density at radius 1 is 0.750 bits per heavy atom. The summed E-state index contributed by atoms with van der Waals surface area (Å²) in [6.45, 7) is 10.4. The molecule has 7 aliphatic rings. The van der Waals surface area contributed by atoms with Crippen molar-refractivity contribution >= 4 is 5.97 Å². The molecule has 2 spiro atoms. The fourth-order valence-electron chi connectivity index (χ4n) is 14.5. The smallest absolute Gasteiger partial charge is 0.317 e. The van der Waals surface area contributed by atoms with Gasteiger partial charge in [0.25, 0.3) is 0 Å². The molecule has 0 aromatic carbocycles. The molecule has 0 unspecified atom stereocenters. The molecule has 17 heteroatoms. The van der Waals surface area contributed by atoms with Crippen molar-refractivity contribution in [3.8, 4) is 0 Å². The monoisotopic (exact) mass is 860 g/mol. The van der Waals surface area contributed by atoms with Crippen LogP contribution in [-0.2, 0) is 23.7 Å². The normalized spacial score (nSPS) is 53.9. The Balaban J connectivity index is 1.07. The lowest BCUT2D eigenvalue weighted by atomic mass is 9.41. The molecule has 0 radical (unpaired) electrons. The Morgan fingerprint density at radius 3 is 1.90 bits per heavy atom. The summed E-state index contributed by atoms with van der Waals surface area (Å²) in [5, 5.41) is 129. The maximum atomic E-state index is 14.3. The van der Waals surface area contributed by atoms with Crippen LogP contribution in [0.5, 0.6) is 0 Å². The van der Waals surface area contributed by atoms with Crippen LogP contribution in [0.1, 0.15) is 99.3 Å². The number of aliphatic hydroxyl groups is 12. The molecule has 2 saturated heterocycles. The van der Waals surface area contributed by atoms with Gasteiger partial charge in [-0.15, -0.1) is 0 Å². The van der Waals surface area contributed by atoms with E-state index in [4.69, 9.17) is 18.9 Å². The summed E-state index contributed by atoms with van der Waals surface area (Å²) in [4.78, 5) is 14.3. The van der Waals surface area contributed by atoms with Crippen LogP contribution in [0.3, 0.4) is 0 Å². The molecule has 7 rings (SSSR count). The van der Waals surface area contributed by atoms with E-state index in [1.54, 1.807) is 6.92 Å². The fraction of sp³-hybridized carbons (Fsp3) is 0.977.